The van der Waals surface area contributed by atoms with Gasteiger partial charge in [0.2, 0.25) is 0 Å². The number of hydrogen-bond acceptors (Lipinski definition) is 3. The number of benzene rings is 2. The van der Waals surface area contributed by atoms with Crippen molar-refractivity contribution in [1.29, 1.82) is 0 Å². The normalized spacial score (nSPS) is 10.2. The van der Waals surface area contributed by atoms with Crippen LogP contribution in [0.4, 0.5) is 4.39 Å². The van der Waals surface area contributed by atoms with E-state index in [4.69, 9.17) is 4.74 Å². The highest BCUT2D eigenvalue weighted by Crippen LogP contribution is 2.14. The Balaban J connectivity index is 1.89. The molecule has 2 aromatic rings. The van der Waals surface area contributed by atoms with Crippen molar-refractivity contribution in [2.75, 3.05) is 6.61 Å². The van der Waals surface area contributed by atoms with Gasteiger partial charge in [-0.2, -0.15) is 0 Å². The Hall–Kier alpha value is -2.49. The van der Waals surface area contributed by atoms with Crippen molar-refractivity contribution in [1.82, 2.24) is 0 Å². The van der Waals surface area contributed by atoms with Crippen LogP contribution >= 0.6 is 0 Å². The maximum absolute atomic E-state index is 12.8. The van der Waals surface area contributed by atoms with E-state index in [9.17, 15) is 14.0 Å². The minimum absolute atomic E-state index is 0.0390. The Bertz CT molecular complexity index is 647. The van der Waals surface area contributed by atoms with Gasteiger partial charge in [-0.15, -0.1) is 0 Å². The molecule has 0 N–H and O–H groups in total. The molecule has 21 heavy (non-hydrogen) atoms. The van der Waals surface area contributed by atoms with Gasteiger partial charge >= 0.3 is 0 Å². The van der Waals surface area contributed by atoms with Crippen LogP contribution < -0.4 is 4.74 Å². The monoisotopic (exact) mass is 286 g/mol. The van der Waals surface area contributed by atoms with Crippen LogP contribution in [0.15, 0.2) is 48.5 Å². The predicted octanol–water partition coefficient (Wildman–Crippen LogP) is 3.68. The molecule has 3 nitrogen and oxygen atoms in total. The zero-order valence-electron chi connectivity index (χ0n) is 11.6. The van der Waals surface area contributed by atoms with Crippen LogP contribution in [0.2, 0.25) is 0 Å². The molecule has 0 spiro atoms. The van der Waals surface area contributed by atoms with Crippen molar-refractivity contribution in [3.8, 4) is 5.75 Å². The molecular weight excluding hydrogens is 271 g/mol. The largest absolute Gasteiger partial charge is 0.493 e. The summed E-state index contributed by atoms with van der Waals surface area (Å²) in [5.41, 5.74) is 1.02. The first-order valence-electron chi connectivity index (χ1n) is 6.59. The molecule has 0 aliphatic rings. The highest BCUT2D eigenvalue weighted by atomic mass is 19.1. The molecule has 2 rings (SSSR count). The number of carbonyl (C=O) groups excluding carboxylic acids is 2. The van der Waals surface area contributed by atoms with E-state index in [1.54, 1.807) is 24.3 Å². The minimum atomic E-state index is -0.371. The van der Waals surface area contributed by atoms with Gasteiger partial charge in [0, 0.05) is 17.5 Å². The Morgan fingerprint density at radius 3 is 2.43 bits per heavy atom. The Morgan fingerprint density at radius 2 is 1.76 bits per heavy atom. The zero-order chi connectivity index (χ0) is 15.2. The fraction of sp³-hybridized carbons (Fsp3) is 0.176. The molecule has 0 saturated heterocycles. The first-order valence-corrected chi connectivity index (χ1v) is 6.59. The molecule has 0 aliphatic heterocycles. The van der Waals surface area contributed by atoms with Crippen LogP contribution in [0.3, 0.4) is 0 Å². The molecule has 2 aromatic carbocycles. The molecule has 0 fully saturated rings. The molecule has 0 bridgehead atoms. The van der Waals surface area contributed by atoms with E-state index in [2.05, 4.69) is 0 Å². The summed E-state index contributed by atoms with van der Waals surface area (Å²) in [4.78, 5) is 23.1. The second kappa shape index (κ2) is 6.79. The number of Topliss-reactive ketones (excluding diaryl/α,β-unsaturated/α-hetero) is 2. The number of hydrogen-bond donors (Lipinski definition) is 0. The van der Waals surface area contributed by atoms with Gasteiger partial charge < -0.3 is 4.74 Å². The van der Waals surface area contributed by atoms with Crippen LogP contribution in [0.5, 0.6) is 5.75 Å². The van der Waals surface area contributed by atoms with E-state index in [-0.39, 0.29) is 30.4 Å². The molecule has 4 heteroatoms. The molecule has 0 heterocycles. The molecule has 0 unspecified atom stereocenters. The van der Waals surface area contributed by atoms with Gasteiger partial charge in [-0.05, 0) is 43.3 Å². The number of rotatable bonds is 6. The SMILES string of the molecule is CC(=O)c1cccc(OCCC(=O)c2ccc(F)cc2)c1. The van der Waals surface area contributed by atoms with Crippen LogP contribution in [-0.4, -0.2) is 18.2 Å². The fourth-order valence-electron chi connectivity index (χ4n) is 1.85. The molecular formula is C17H15FO3. The van der Waals surface area contributed by atoms with Gasteiger partial charge in [0.25, 0.3) is 0 Å². The second-order valence-electron chi connectivity index (χ2n) is 4.61. The van der Waals surface area contributed by atoms with E-state index in [0.717, 1.165) is 0 Å². The maximum atomic E-state index is 12.8. The predicted molar refractivity (Wildman–Crippen MR) is 77.3 cm³/mol. The molecule has 0 aliphatic carbocycles. The van der Waals surface area contributed by atoms with Gasteiger partial charge in [0.15, 0.2) is 11.6 Å². The van der Waals surface area contributed by atoms with E-state index >= 15 is 0 Å². The van der Waals surface area contributed by atoms with Gasteiger partial charge in [0.05, 0.1) is 6.61 Å². The Kier molecular flexibility index (Phi) is 4.82. The van der Waals surface area contributed by atoms with E-state index in [1.807, 2.05) is 0 Å². The topological polar surface area (TPSA) is 43.4 Å². The third-order valence-electron chi connectivity index (χ3n) is 3.00. The minimum Gasteiger partial charge on any atom is -0.493 e. The number of carbonyl (C=O) groups is 2. The van der Waals surface area contributed by atoms with Crippen LogP contribution in [0.25, 0.3) is 0 Å². The smallest absolute Gasteiger partial charge is 0.166 e. The molecule has 0 radical (unpaired) electrons. The first-order chi connectivity index (χ1) is 10.1. The lowest BCUT2D eigenvalue weighted by Crippen LogP contribution is -2.07. The lowest BCUT2D eigenvalue weighted by Gasteiger charge is -2.07. The highest BCUT2D eigenvalue weighted by Gasteiger charge is 2.07. The second-order valence-corrected chi connectivity index (χ2v) is 4.61. The van der Waals surface area contributed by atoms with E-state index < -0.39 is 0 Å². The quantitative estimate of drug-likeness (QED) is 0.761. The number of halogens is 1. The molecule has 0 saturated carbocycles. The lowest BCUT2D eigenvalue weighted by atomic mass is 10.1. The van der Waals surface area contributed by atoms with Gasteiger partial charge in [-0.1, -0.05) is 12.1 Å². The van der Waals surface area contributed by atoms with Crippen molar-refractivity contribution in [3.63, 3.8) is 0 Å². The average Bonchev–Trinajstić information content (AvgIpc) is 2.48. The summed E-state index contributed by atoms with van der Waals surface area (Å²) in [5, 5.41) is 0. The van der Waals surface area contributed by atoms with E-state index in [0.29, 0.717) is 16.9 Å². The summed E-state index contributed by atoms with van der Waals surface area (Å²) in [7, 11) is 0. The summed E-state index contributed by atoms with van der Waals surface area (Å²) in [6.07, 6.45) is 0.190. The van der Waals surface area contributed by atoms with Crippen LogP contribution in [-0.2, 0) is 0 Å². The van der Waals surface area contributed by atoms with Gasteiger partial charge in [-0.25, -0.2) is 4.39 Å². The summed E-state index contributed by atoms with van der Waals surface area (Å²) >= 11 is 0. The first kappa shape index (κ1) is 14.9. The zero-order valence-corrected chi connectivity index (χ0v) is 11.6. The third-order valence-corrected chi connectivity index (χ3v) is 3.00. The summed E-state index contributed by atoms with van der Waals surface area (Å²) in [6.45, 7) is 1.69. The Labute approximate surface area is 122 Å². The lowest BCUT2D eigenvalue weighted by molar-refractivity contribution is 0.0959. The highest BCUT2D eigenvalue weighted by molar-refractivity contribution is 5.96. The number of ketones is 2. The standard InChI is InChI=1S/C17H15FO3/c1-12(19)14-3-2-4-16(11-14)21-10-9-17(20)13-5-7-15(18)8-6-13/h2-8,11H,9-10H2,1H3. The van der Waals surface area contributed by atoms with Crippen LogP contribution in [0, 0.1) is 5.82 Å². The molecule has 0 amide bonds. The van der Waals surface area contributed by atoms with Crippen LogP contribution in [0.1, 0.15) is 34.1 Å². The summed E-state index contributed by atoms with van der Waals surface area (Å²) < 4.78 is 18.2. The molecule has 108 valence electrons. The van der Waals surface area contributed by atoms with Gasteiger partial charge in [-0.3, -0.25) is 9.59 Å². The van der Waals surface area contributed by atoms with Gasteiger partial charge in [0.1, 0.15) is 11.6 Å². The maximum Gasteiger partial charge on any atom is 0.166 e. The van der Waals surface area contributed by atoms with Crippen molar-refractivity contribution >= 4 is 11.6 Å². The fourth-order valence-corrected chi connectivity index (χ4v) is 1.85. The van der Waals surface area contributed by atoms with Crippen molar-refractivity contribution in [2.45, 2.75) is 13.3 Å². The molecule has 0 atom stereocenters. The molecule has 0 aromatic heterocycles. The third kappa shape index (κ3) is 4.24. The van der Waals surface area contributed by atoms with Crippen molar-refractivity contribution in [2.24, 2.45) is 0 Å². The Morgan fingerprint density at radius 1 is 1.05 bits per heavy atom. The average molecular weight is 286 g/mol. The van der Waals surface area contributed by atoms with E-state index in [1.165, 1.54) is 31.2 Å². The summed E-state index contributed by atoms with van der Waals surface area (Å²) in [5.74, 6) is 0.0269. The number of ether oxygens (including phenoxy) is 1. The van der Waals surface area contributed by atoms with Crippen molar-refractivity contribution < 1.29 is 18.7 Å². The van der Waals surface area contributed by atoms with Crippen molar-refractivity contribution in [3.05, 3.63) is 65.5 Å². The summed E-state index contributed by atoms with van der Waals surface area (Å²) in [6, 6.07) is 12.2.